The van der Waals surface area contributed by atoms with Gasteiger partial charge in [-0.3, -0.25) is 9.78 Å². The molecule has 0 unspecified atom stereocenters. The molecule has 1 saturated carbocycles. The van der Waals surface area contributed by atoms with Crippen LogP contribution in [0.25, 0.3) is 11.0 Å². The molecule has 1 aromatic carbocycles. The Labute approximate surface area is 131 Å². The maximum Gasteiger partial charge on any atom is 0.406 e. The van der Waals surface area contributed by atoms with E-state index < -0.39 is 24.7 Å². The van der Waals surface area contributed by atoms with E-state index >= 15 is 0 Å². The van der Waals surface area contributed by atoms with E-state index in [2.05, 4.69) is 9.97 Å². The van der Waals surface area contributed by atoms with Crippen molar-refractivity contribution in [3.05, 3.63) is 36.2 Å². The van der Waals surface area contributed by atoms with Crippen LogP contribution in [0, 0.1) is 5.92 Å². The molecule has 3 rings (SSSR count). The molecule has 1 aliphatic carbocycles. The van der Waals surface area contributed by atoms with Gasteiger partial charge in [-0.2, -0.15) is 13.2 Å². The lowest BCUT2D eigenvalue weighted by molar-refractivity contribution is -0.144. The van der Waals surface area contributed by atoms with Crippen molar-refractivity contribution in [3.8, 4) is 0 Å². The number of fused-ring (bicyclic) bond motifs is 1. The molecule has 0 N–H and O–H groups in total. The van der Waals surface area contributed by atoms with Crippen molar-refractivity contribution in [2.24, 2.45) is 5.92 Å². The summed E-state index contributed by atoms with van der Waals surface area (Å²) in [5.74, 6) is -0.588. The van der Waals surface area contributed by atoms with Gasteiger partial charge in [-0.1, -0.05) is 12.1 Å². The Kier molecular flexibility index (Phi) is 3.95. The fourth-order valence-corrected chi connectivity index (χ4v) is 2.63. The normalized spacial score (nSPS) is 16.3. The minimum atomic E-state index is -4.44. The van der Waals surface area contributed by atoms with Gasteiger partial charge >= 0.3 is 6.18 Å². The number of hydrogen-bond donors (Lipinski definition) is 0. The number of nitrogens with zero attached hydrogens (tertiary/aromatic N) is 3. The van der Waals surface area contributed by atoms with Crippen molar-refractivity contribution in [1.29, 1.82) is 0 Å². The van der Waals surface area contributed by atoms with E-state index in [0.29, 0.717) is 11.0 Å². The molecule has 0 radical (unpaired) electrons. The van der Waals surface area contributed by atoms with Crippen molar-refractivity contribution in [3.63, 3.8) is 0 Å². The van der Waals surface area contributed by atoms with Crippen molar-refractivity contribution < 1.29 is 18.0 Å². The number of para-hydroxylation sites is 2. The van der Waals surface area contributed by atoms with Gasteiger partial charge in [0.25, 0.3) is 5.91 Å². The van der Waals surface area contributed by atoms with Gasteiger partial charge in [0.05, 0.1) is 17.2 Å². The molecular formula is C16H16F3N3O. The number of carbonyl (C=O) groups is 1. The van der Waals surface area contributed by atoms with Gasteiger partial charge in [0.1, 0.15) is 12.2 Å². The minimum absolute atomic E-state index is 0.0551. The molecule has 7 heteroatoms. The predicted octanol–water partition coefficient (Wildman–Crippen LogP) is 3.43. The first-order chi connectivity index (χ1) is 10.8. The van der Waals surface area contributed by atoms with Crippen LogP contribution >= 0.6 is 0 Å². The molecule has 0 saturated heterocycles. The third kappa shape index (κ3) is 3.60. The smallest absolute Gasteiger partial charge is 0.325 e. The number of benzene rings is 1. The third-order valence-corrected chi connectivity index (χ3v) is 4.07. The highest BCUT2D eigenvalue weighted by atomic mass is 19.4. The van der Waals surface area contributed by atoms with Crippen LogP contribution in [0.4, 0.5) is 13.2 Å². The van der Waals surface area contributed by atoms with Gasteiger partial charge in [0, 0.05) is 6.04 Å². The van der Waals surface area contributed by atoms with Crippen LogP contribution in [0.2, 0.25) is 0 Å². The average molecular weight is 323 g/mol. The van der Waals surface area contributed by atoms with Crippen molar-refractivity contribution in [2.45, 2.75) is 32.0 Å². The first kappa shape index (κ1) is 15.7. The second-order valence-electron chi connectivity index (χ2n) is 5.87. The molecule has 0 bridgehead atoms. The SMILES string of the molecule is C[C@@H](C1CC1)N(CC(F)(F)F)C(=O)c1cnc2ccccc2n1. The maximum absolute atomic E-state index is 12.8. The molecule has 1 fully saturated rings. The Hall–Kier alpha value is -2.18. The number of rotatable bonds is 4. The zero-order valence-corrected chi connectivity index (χ0v) is 12.5. The molecule has 4 nitrogen and oxygen atoms in total. The maximum atomic E-state index is 12.8. The van der Waals surface area contributed by atoms with Crippen LogP contribution in [-0.2, 0) is 0 Å². The van der Waals surface area contributed by atoms with Crippen molar-refractivity contribution >= 4 is 16.9 Å². The lowest BCUT2D eigenvalue weighted by Crippen LogP contribution is -2.45. The molecule has 1 aromatic heterocycles. The highest BCUT2D eigenvalue weighted by molar-refractivity contribution is 5.94. The molecule has 0 spiro atoms. The number of halogens is 3. The zero-order valence-electron chi connectivity index (χ0n) is 12.5. The quantitative estimate of drug-likeness (QED) is 0.866. The standard InChI is InChI=1S/C16H16F3N3O/c1-10(11-6-7-11)22(9-16(17,18)19)15(23)14-8-20-12-4-2-3-5-13(12)21-14/h2-5,8,10-11H,6-7,9H2,1H3/t10-/m0/s1. The summed E-state index contributed by atoms with van der Waals surface area (Å²) in [5, 5.41) is 0. The lowest BCUT2D eigenvalue weighted by atomic mass is 10.1. The first-order valence-electron chi connectivity index (χ1n) is 7.44. The van der Waals surface area contributed by atoms with Crippen LogP contribution in [0.1, 0.15) is 30.3 Å². The van der Waals surface area contributed by atoms with Crippen LogP contribution in [0.15, 0.2) is 30.5 Å². The monoisotopic (exact) mass is 323 g/mol. The lowest BCUT2D eigenvalue weighted by Gasteiger charge is -2.29. The van der Waals surface area contributed by atoms with Gasteiger partial charge in [0.15, 0.2) is 0 Å². The molecule has 1 amide bonds. The summed E-state index contributed by atoms with van der Waals surface area (Å²) in [4.78, 5) is 21.7. The van der Waals surface area contributed by atoms with E-state index in [0.717, 1.165) is 17.7 Å². The highest BCUT2D eigenvalue weighted by Gasteiger charge is 2.41. The number of aromatic nitrogens is 2. The van der Waals surface area contributed by atoms with E-state index in [4.69, 9.17) is 0 Å². The highest BCUT2D eigenvalue weighted by Crippen LogP contribution is 2.36. The summed E-state index contributed by atoms with van der Waals surface area (Å²) in [6.07, 6.45) is -1.49. The Morgan fingerprint density at radius 1 is 1.30 bits per heavy atom. The molecule has 2 aromatic rings. The topological polar surface area (TPSA) is 46.1 Å². The largest absolute Gasteiger partial charge is 0.406 e. The second-order valence-corrected chi connectivity index (χ2v) is 5.87. The van der Waals surface area contributed by atoms with Crippen LogP contribution < -0.4 is 0 Å². The fourth-order valence-electron chi connectivity index (χ4n) is 2.63. The van der Waals surface area contributed by atoms with Crippen LogP contribution in [-0.4, -0.2) is 39.5 Å². The summed E-state index contributed by atoms with van der Waals surface area (Å²) in [6.45, 7) is 0.397. The van der Waals surface area contributed by atoms with Crippen molar-refractivity contribution in [2.75, 3.05) is 6.54 Å². The Bertz CT molecular complexity index is 728. The van der Waals surface area contributed by atoms with Gasteiger partial charge in [-0.05, 0) is 37.8 Å². The third-order valence-electron chi connectivity index (χ3n) is 4.07. The second kappa shape index (κ2) is 5.79. The predicted molar refractivity (Wildman–Crippen MR) is 78.8 cm³/mol. The van der Waals surface area contributed by atoms with Gasteiger partial charge in [-0.15, -0.1) is 0 Å². The van der Waals surface area contributed by atoms with E-state index in [1.165, 1.54) is 6.20 Å². The van der Waals surface area contributed by atoms with E-state index in [-0.39, 0.29) is 11.6 Å². The first-order valence-corrected chi connectivity index (χ1v) is 7.44. The Morgan fingerprint density at radius 2 is 1.96 bits per heavy atom. The summed E-state index contributed by atoms with van der Waals surface area (Å²) < 4.78 is 38.5. The minimum Gasteiger partial charge on any atom is -0.325 e. The zero-order chi connectivity index (χ0) is 16.6. The number of alkyl halides is 3. The fraction of sp³-hybridized carbons (Fsp3) is 0.438. The van der Waals surface area contributed by atoms with E-state index in [9.17, 15) is 18.0 Å². The van der Waals surface area contributed by atoms with Crippen LogP contribution in [0.3, 0.4) is 0 Å². The van der Waals surface area contributed by atoms with Gasteiger partial charge < -0.3 is 4.90 Å². The van der Waals surface area contributed by atoms with E-state index in [1.807, 2.05) is 0 Å². The van der Waals surface area contributed by atoms with Crippen molar-refractivity contribution in [1.82, 2.24) is 14.9 Å². The number of carbonyl (C=O) groups excluding carboxylic acids is 1. The molecule has 1 aliphatic rings. The number of hydrogen-bond acceptors (Lipinski definition) is 3. The summed E-state index contributed by atoms with van der Waals surface area (Å²) in [7, 11) is 0. The molecule has 1 heterocycles. The summed E-state index contributed by atoms with van der Waals surface area (Å²) in [6, 6.07) is 6.47. The molecular weight excluding hydrogens is 307 g/mol. The summed E-state index contributed by atoms with van der Waals surface area (Å²) >= 11 is 0. The van der Waals surface area contributed by atoms with E-state index in [1.54, 1.807) is 31.2 Å². The van der Waals surface area contributed by atoms with Crippen LogP contribution in [0.5, 0.6) is 0 Å². The Morgan fingerprint density at radius 3 is 2.57 bits per heavy atom. The molecule has 1 atom stereocenters. The Balaban J connectivity index is 1.91. The van der Waals surface area contributed by atoms with Gasteiger partial charge in [-0.25, -0.2) is 4.98 Å². The molecule has 0 aliphatic heterocycles. The summed E-state index contributed by atoms with van der Waals surface area (Å²) in [5.41, 5.74) is 1.03. The number of amides is 1. The molecule has 122 valence electrons. The molecule has 23 heavy (non-hydrogen) atoms. The van der Waals surface area contributed by atoms with Gasteiger partial charge in [0.2, 0.25) is 0 Å². The average Bonchev–Trinajstić information content (AvgIpc) is 3.35.